The van der Waals surface area contributed by atoms with Crippen LogP contribution in [-0.2, 0) is 14.3 Å². The summed E-state index contributed by atoms with van der Waals surface area (Å²) < 4.78 is 10.6. The van der Waals surface area contributed by atoms with Crippen LogP contribution in [-0.4, -0.2) is 42.3 Å². The Kier molecular flexibility index (Phi) is 6.09. The first-order chi connectivity index (χ1) is 11.7. The summed E-state index contributed by atoms with van der Waals surface area (Å²) in [6.45, 7) is 8.13. The maximum atomic E-state index is 12.7. The fourth-order valence-electron chi connectivity index (χ4n) is 3.36. The van der Waals surface area contributed by atoms with Crippen LogP contribution in [0.1, 0.15) is 57.1 Å². The van der Waals surface area contributed by atoms with E-state index in [-0.39, 0.29) is 18.1 Å². The third-order valence-corrected chi connectivity index (χ3v) is 4.42. The molecule has 0 spiro atoms. The zero-order valence-corrected chi connectivity index (χ0v) is 15.9. The fraction of sp³-hybridized carbons (Fsp3) is 0.600. The van der Waals surface area contributed by atoms with Gasteiger partial charge >= 0.3 is 12.1 Å². The summed E-state index contributed by atoms with van der Waals surface area (Å²) in [5.74, 6) is -0.816. The van der Waals surface area contributed by atoms with E-state index in [1.54, 1.807) is 4.90 Å². The fourth-order valence-corrected chi connectivity index (χ4v) is 3.36. The van der Waals surface area contributed by atoms with Crippen molar-refractivity contribution in [1.29, 1.82) is 0 Å². The topological polar surface area (TPSA) is 55.8 Å². The van der Waals surface area contributed by atoms with Gasteiger partial charge in [0.05, 0.1) is 13.2 Å². The monoisotopic (exact) mass is 347 g/mol. The number of carbonyl (C=O) groups excluding carboxylic acids is 2. The van der Waals surface area contributed by atoms with Crippen LogP contribution < -0.4 is 0 Å². The van der Waals surface area contributed by atoms with Crippen molar-refractivity contribution in [3.63, 3.8) is 0 Å². The Labute approximate surface area is 150 Å². The number of methoxy groups -OCH3 is 1. The van der Waals surface area contributed by atoms with E-state index >= 15 is 0 Å². The number of hydrogen-bond donors (Lipinski definition) is 0. The minimum atomic E-state index is -0.566. The highest BCUT2D eigenvalue weighted by atomic mass is 16.6. The smallest absolute Gasteiger partial charge is 0.410 e. The number of piperidine rings is 1. The molecule has 5 nitrogen and oxygen atoms in total. The van der Waals surface area contributed by atoms with Crippen molar-refractivity contribution in [2.75, 3.05) is 13.7 Å². The average molecular weight is 347 g/mol. The minimum Gasteiger partial charge on any atom is -0.468 e. The molecule has 1 amide bonds. The van der Waals surface area contributed by atoms with Gasteiger partial charge in [-0.15, -0.1) is 0 Å². The highest BCUT2D eigenvalue weighted by Gasteiger charge is 2.40. The van der Waals surface area contributed by atoms with Crippen molar-refractivity contribution in [2.24, 2.45) is 0 Å². The molecule has 1 aromatic carbocycles. The predicted octanol–water partition coefficient (Wildman–Crippen LogP) is 4.04. The number of nitrogens with zero attached hydrogens (tertiary/aromatic N) is 1. The van der Waals surface area contributed by atoms with Crippen LogP contribution in [0.25, 0.3) is 0 Å². The van der Waals surface area contributed by atoms with Crippen molar-refractivity contribution in [2.45, 2.75) is 64.5 Å². The van der Waals surface area contributed by atoms with E-state index in [0.717, 1.165) is 30.4 Å². The van der Waals surface area contributed by atoms with Crippen molar-refractivity contribution in [3.8, 4) is 0 Å². The molecule has 0 aromatic heterocycles. The molecule has 1 fully saturated rings. The molecular weight excluding hydrogens is 318 g/mol. The summed E-state index contributed by atoms with van der Waals surface area (Å²) in [5, 5.41) is 0. The molecule has 1 saturated heterocycles. The number of rotatable bonds is 3. The first-order valence-corrected chi connectivity index (χ1v) is 8.87. The van der Waals surface area contributed by atoms with E-state index in [1.165, 1.54) is 7.11 Å². The summed E-state index contributed by atoms with van der Waals surface area (Å²) in [6.07, 6.45) is 2.28. The zero-order chi connectivity index (χ0) is 18.6. The largest absolute Gasteiger partial charge is 0.468 e. The standard InChI is InChI=1S/C20H29NO4/c1-14-9-8-10-15(13-14)17(18(22)24-5)16-11-6-7-12-21(16)19(23)25-20(2,3)4/h8-10,13,16-17H,6-7,11-12H2,1-5H3. The van der Waals surface area contributed by atoms with Crippen LogP contribution in [0.4, 0.5) is 4.79 Å². The molecule has 0 N–H and O–H groups in total. The third kappa shape index (κ3) is 4.97. The molecular formula is C20H29NO4. The summed E-state index contributed by atoms with van der Waals surface area (Å²) in [4.78, 5) is 27.0. The lowest BCUT2D eigenvalue weighted by atomic mass is 9.85. The lowest BCUT2D eigenvalue weighted by Crippen LogP contribution is -2.50. The SMILES string of the molecule is COC(=O)C(c1cccc(C)c1)C1CCCCN1C(=O)OC(C)(C)C. The Morgan fingerprint density at radius 2 is 1.96 bits per heavy atom. The Morgan fingerprint density at radius 3 is 2.56 bits per heavy atom. The number of likely N-dealkylation sites (tertiary alicyclic amines) is 1. The molecule has 1 aromatic rings. The number of hydrogen-bond acceptors (Lipinski definition) is 4. The Morgan fingerprint density at radius 1 is 1.24 bits per heavy atom. The molecule has 2 unspecified atom stereocenters. The van der Waals surface area contributed by atoms with E-state index in [0.29, 0.717) is 6.54 Å². The van der Waals surface area contributed by atoms with Crippen LogP contribution >= 0.6 is 0 Å². The highest BCUT2D eigenvalue weighted by molar-refractivity contribution is 5.80. The van der Waals surface area contributed by atoms with Gasteiger partial charge in [0.25, 0.3) is 0 Å². The highest BCUT2D eigenvalue weighted by Crippen LogP contribution is 2.33. The number of carbonyl (C=O) groups is 2. The van der Waals surface area contributed by atoms with Crippen LogP contribution in [0.5, 0.6) is 0 Å². The lowest BCUT2D eigenvalue weighted by Gasteiger charge is -2.40. The van der Waals surface area contributed by atoms with E-state index in [1.807, 2.05) is 52.0 Å². The lowest BCUT2D eigenvalue weighted by molar-refractivity contribution is -0.144. The number of ether oxygens (including phenoxy) is 2. The van der Waals surface area contributed by atoms with Crippen LogP contribution in [0, 0.1) is 6.92 Å². The molecule has 0 saturated carbocycles. The maximum Gasteiger partial charge on any atom is 0.410 e. The molecule has 1 aliphatic rings. The van der Waals surface area contributed by atoms with Gasteiger partial charge in [0.1, 0.15) is 11.5 Å². The van der Waals surface area contributed by atoms with Gasteiger partial charge in [-0.25, -0.2) is 4.79 Å². The quantitative estimate of drug-likeness (QED) is 0.774. The predicted molar refractivity (Wildman–Crippen MR) is 96.5 cm³/mol. The normalized spacial score (nSPS) is 19.2. The number of esters is 1. The van der Waals surface area contributed by atoms with E-state index in [9.17, 15) is 9.59 Å². The third-order valence-electron chi connectivity index (χ3n) is 4.42. The van der Waals surface area contributed by atoms with Gasteiger partial charge < -0.3 is 14.4 Å². The summed E-state index contributed by atoms with van der Waals surface area (Å²) in [5.41, 5.74) is 1.39. The number of aryl methyl sites for hydroxylation is 1. The summed E-state index contributed by atoms with van der Waals surface area (Å²) in [7, 11) is 1.39. The average Bonchev–Trinajstić information content (AvgIpc) is 2.54. The molecule has 25 heavy (non-hydrogen) atoms. The number of amides is 1. The van der Waals surface area contributed by atoms with E-state index in [4.69, 9.17) is 9.47 Å². The van der Waals surface area contributed by atoms with Crippen LogP contribution in [0.3, 0.4) is 0 Å². The van der Waals surface area contributed by atoms with Gasteiger partial charge in [-0.1, -0.05) is 29.8 Å². The molecule has 2 rings (SSSR count). The van der Waals surface area contributed by atoms with Gasteiger partial charge in [-0.3, -0.25) is 4.79 Å². The van der Waals surface area contributed by atoms with Crippen molar-refractivity contribution >= 4 is 12.1 Å². The van der Waals surface area contributed by atoms with Crippen molar-refractivity contribution in [1.82, 2.24) is 4.90 Å². The van der Waals surface area contributed by atoms with Gasteiger partial charge in [0, 0.05) is 6.54 Å². The van der Waals surface area contributed by atoms with Gasteiger partial charge in [-0.2, -0.15) is 0 Å². The van der Waals surface area contributed by atoms with Crippen LogP contribution in [0.2, 0.25) is 0 Å². The molecule has 0 bridgehead atoms. The molecule has 138 valence electrons. The zero-order valence-electron chi connectivity index (χ0n) is 15.9. The molecule has 1 heterocycles. The second kappa shape index (κ2) is 7.89. The Bertz CT molecular complexity index is 620. The van der Waals surface area contributed by atoms with E-state index < -0.39 is 11.5 Å². The Balaban J connectivity index is 2.35. The molecule has 0 aliphatic carbocycles. The second-order valence-corrected chi connectivity index (χ2v) is 7.65. The molecule has 5 heteroatoms. The van der Waals surface area contributed by atoms with Gasteiger partial charge in [-0.05, 0) is 52.5 Å². The first kappa shape index (κ1) is 19.3. The number of benzene rings is 1. The second-order valence-electron chi connectivity index (χ2n) is 7.65. The van der Waals surface area contributed by atoms with Crippen molar-refractivity contribution in [3.05, 3.63) is 35.4 Å². The maximum absolute atomic E-state index is 12.7. The molecule has 1 aliphatic heterocycles. The van der Waals surface area contributed by atoms with Gasteiger partial charge in [0.15, 0.2) is 0 Å². The first-order valence-electron chi connectivity index (χ1n) is 8.87. The van der Waals surface area contributed by atoms with Crippen molar-refractivity contribution < 1.29 is 19.1 Å². The Hall–Kier alpha value is -2.04. The minimum absolute atomic E-state index is 0.252. The van der Waals surface area contributed by atoms with Gasteiger partial charge in [0.2, 0.25) is 0 Å². The summed E-state index contributed by atoms with van der Waals surface area (Å²) >= 11 is 0. The molecule has 0 radical (unpaired) electrons. The summed E-state index contributed by atoms with van der Waals surface area (Å²) in [6, 6.07) is 7.59. The molecule has 2 atom stereocenters. The van der Waals surface area contributed by atoms with Crippen LogP contribution in [0.15, 0.2) is 24.3 Å². The van der Waals surface area contributed by atoms with E-state index in [2.05, 4.69) is 0 Å².